The molecule has 31 heavy (non-hydrogen) atoms. The molecular weight excluding hydrogens is 433 g/mol. The summed E-state index contributed by atoms with van der Waals surface area (Å²) in [5, 5.41) is 0. The first-order valence-corrected chi connectivity index (χ1v) is 10.6. The summed E-state index contributed by atoms with van der Waals surface area (Å²) in [7, 11) is 0. The number of benzene rings is 2. The van der Waals surface area contributed by atoms with Gasteiger partial charge in [0, 0.05) is 32.8 Å². The highest BCUT2D eigenvalue weighted by Gasteiger charge is 2.24. The van der Waals surface area contributed by atoms with Gasteiger partial charge in [-0.1, -0.05) is 60.7 Å². The number of carbonyl (C=O) groups is 1. The number of amides is 1. The Hall–Kier alpha value is -1.63. The van der Waals surface area contributed by atoms with Gasteiger partial charge in [-0.25, -0.2) is 0 Å². The molecule has 1 fully saturated rings. The zero-order valence-corrected chi connectivity index (χ0v) is 19.7. The highest BCUT2D eigenvalue weighted by Crippen LogP contribution is 2.16. The summed E-state index contributed by atoms with van der Waals surface area (Å²) < 4.78 is 5.86. The lowest BCUT2D eigenvalue weighted by Gasteiger charge is -2.33. The normalized spacial score (nSPS) is 14.1. The number of nitrogens with two attached hydrogens (primary N) is 1. The lowest BCUT2D eigenvalue weighted by molar-refractivity contribution is -0.135. The quantitative estimate of drug-likeness (QED) is 0.538. The molecule has 0 aromatic heterocycles. The van der Waals surface area contributed by atoms with Crippen molar-refractivity contribution in [2.24, 2.45) is 5.73 Å². The van der Waals surface area contributed by atoms with Gasteiger partial charge in [-0.05, 0) is 36.9 Å². The van der Waals surface area contributed by atoms with Crippen LogP contribution in [-0.2, 0) is 22.6 Å². The minimum absolute atomic E-state index is 0. The Kier molecular flexibility index (Phi) is 13.5. The summed E-state index contributed by atoms with van der Waals surface area (Å²) in [4.78, 5) is 17.2. The maximum atomic E-state index is 13.0. The van der Waals surface area contributed by atoms with Crippen molar-refractivity contribution >= 4 is 30.7 Å². The number of rotatable bonds is 10. The summed E-state index contributed by atoms with van der Waals surface area (Å²) in [6.45, 7) is 4.89. The van der Waals surface area contributed by atoms with E-state index in [0.29, 0.717) is 13.1 Å². The number of halogens is 2. The molecule has 0 aliphatic carbocycles. The lowest BCUT2D eigenvalue weighted by Crippen LogP contribution is -2.45. The number of nitrogens with zero attached hydrogens (tertiary/aromatic N) is 2. The number of hydrogen-bond acceptors (Lipinski definition) is 4. The van der Waals surface area contributed by atoms with Gasteiger partial charge < -0.3 is 15.4 Å². The Bertz CT molecular complexity index is 685. The van der Waals surface area contributed by atoms with E-state index in [1.165, 1.54) is 11.1 Å². The summed E-state index contributed by atoms with van der Waals surface area (Å²) in [6.07, 6.45) is 2.98. The van der Waals surface area contributed by atoms with Gasteiger partial charge in [-0.3, -0.25) is 9.69 Å². The van der Waals surface area contributed by atoms with Crippen LogP contribution in [-0.4, -0.2) is 54.6 Å². The van der Waals surface area contributed by atoms with Gasteiger partial charge in [-0.2, -0.15) is 0 Å². The average Bonchev–Trinajstić information content (AvgIpc) is 2.76. The zero-order chi connectivity index (χ0) is 20.3. The maximum Gasteiger partial charge on any atom is 0.236 e. The van der Waals surface area contributed by atoms with E-state index in [4.69, 9.17) is 10.5 Å². The molecule has 1 aliphatic rings. The SMILES string of the molecule is Cl.Cl.NCCCOC1CCN(C(=O)CN(Cc2ccccc2)Cc2ccccc2)CC1. The first-order chi connectivity index (χ1) is 14.2. The van der Waals surface area contributed by atoms with Gasteiger partial charge in [0.25, 0.3) is 0 Å². The monoisotopic (exact) mass is 467 g/mol. The largest absolute Gasteiger partial charge is 0.378 e. The minimum atomic E-state index is 0. The van der Waals surface area contributed by atoms with Crippen molar-refractivity contribution in [3.8, 4) is 0 Å². The summed E-state index contributed by atoms with van der Waals surface area (Å²) in [6, 6.07) is 20.7. The van der Waals surface area contributed by atoms with Crippen molar-refractivity contribution in [3.63, 3.8) is 0 Å². The molecule has 5 nitrogen and oxygen atoms in total. The molecule has 1 amide bonds. The molecule has 172 valence electrons. The molecule has 0 bridgehead atoms. The van der Waals surface area contributed by atoms with E-state index in [2.05, 4.69) is 29.2 Å². The third kappa shape index (κ3) is 9.58. The fourth-order valence-corrected chi connectivity index (χ4v) is 3.75. The third-order valence-corrected chi connectivity index (χ3v) is 5.35. The topological polar surface area (TPSA) is 58.8 Å². The number of hydrogen-bond donors (Lipinski definition) is 1. The van der Waals surface area contributed by atoms with Gasteiger partial charge in [0.15, 0.2) is 0 Å². The number of ether oxygens (including phenoxy) is 1. The highest BCUT2D eigenvalue weighted by atomic mass is 35.5. The summed E-state index contributed by atoms with van der Waals surface area (Å²) in [5.74, 6) is 0.206. The molecule has 1 heterocycles. The fourth-order valence-electron chi connectivity index (χ4n) is 3.75. The Labute approximate surface area is 198 Å². The molecule has 7 heteroatoms. The molecule has 1 saturated heterocycles. The molecule has 3 rings (SSSR count). The lowest BCUT2D eigenvalue weighted by atomic mass is 10.1. The molecule has 1 aliphatic heterocycles. The van der Waals surface area contributed by atoms with Crippen LogP contribution < -0.4 is 5.73 Å². The van der Waals surface area contributed by atoms with E-state index in [1.807, 2.05) is 41.3 Å². The van der Waals surface area contributed by atoms with E-state index in [0.717, 1.165) is 52.0 Å². The Morgan fingerprint density at radius 3 is 1.94 bits per heavy atom. The van der Waals surface area contributed by atoms with Crippen molar-refractivity contribution < 1.29 is 9.53 Å². The van der Waals surface area contributed by atoms with Crippen LogP contribution in [0.4, 0.5) is 0 Å². The molecule has 2 aromatic rings. The summed E-state index contributed by atoms with van der Waals surface area (Å²) in [5.41, 5.74) is 7.98. The van der Waals surface area contributed by atoms with Gasteiger partial charge in [0.1, 0.15) is 0 Å². The Morgan fingerprint density at radius 1 is 0.935 bits per heavy atom. The molecule has 2 aromatic carbocycles. The Morgan fingerprint density at radius 2 is 1.45 bits per heavy atom. The molecule has 2 N–H and O–H groups in total. The van der Waals surface area contributed by atoms with Crippen LogP contribution in [0.15, 0.2) is 60.7 Å². The van der Waals surface area contributed by atoms with Crippen LogP contribution in [0.5, 0.6) is 0 Å². The van der Waals surface area contributed by atoms with Crippen molar-refractivity contribution in [1.29, 1.82) is 0 Å². The van der Waals surface area contributed by atoms with Crippen molar-refractivity contribution in [2.45, 2.75) is 38.5 Å². The van der Waals surface area contributed by atoms with Crippen LogP contribution in [0.3, 0.4) is 0 Å². The second-order valence-electron chi connectivity index (χ2n) is 7.71. The summed E-state index contributed by atoms with van der Waals surface area (Å²) >= 11 is 0. The number of carbonyl (C=O) groups excluding carboxylic acids is 1. The van der Waals surface area contributed by atoms with Crippen LogP contribution in [0.25, 0.3) is 0 Å². The van der Waals surface area contributed by atoms with Gasteiger partial charge >= 0.3 is 0 Å². The van der Waals surface area contributed by atoms with Gasteiger partial charge in [0.05, 0.1) is 12.6 Å². The van der Waals surface area contributed by atoms with E-state index in [9.17, 15) is 4.79 Å². The molecular formula is C24H35Cl2N3O2. The molecule has 0 atom stereocenters. The fraction of sp³-hybridized carbons (Fsp3) is 0.458. The predicted molar refractivity (Wildman–Crippen MR) is 131 cm³/mol. The van der Waals surface area contributed by atoms with Crippen molar-refractivity contribution in [3.05, 3.63) is 71.8 Å². The van der Waals surface area contributed by atoms with Crippen molar-refractivity contribution in [1.82, 2.24) is 9.80 Å². The van der Waals surface area contributed by atoms with Gasteiger partial charge in [0.2, 0.25) is 5.91 Å². The number of piperidine rings is 1. The number of likely N-dealkylation sites (tertiary alicyclic amines) is 1. The van der Waals surface area contributed by atoms with E-state index >= 15 is 0 Å². The van der Waals surface area contributed by atoms with E-state index < -0.39 is 0 Å². The maximum absolute atomic E-state index is 13.0. The second-order valence-corrected chi connectivity index (χ2v) is 7.71. The van der Waals surface area contributed by atoms with Crippen molar-refractivity contribution in [2.75, 3.05) is 32.8 Å². The molecule has 0 unspecified atom stereocenters. The van der Waals surface area contributed by atoms with E-state index in [1.54, 1.807) is 0 Å². The van der Waals surface area contributed by atoms with Crippen LogP contribution in [0, 0.1) is 0 Å². The van der Waals surface area contributed by atoms with Crippen LogP contribution in [0.1, 0.15) is 30.4 Å². The molecule has 0 spiro atoms. The second kappa shape index (κ2) is 15.2. The molecule has 0 saturated carbocycles. The predicted octanol–water partition coefficient (Wildman–Crippen LogP) is 3.89. The Balaban J connectivity index is 0.00000240. The smallest absolute Gasteiger partial charge is 0.236 e. The first kappa shape index (κ1) is 27.4. The average molecular weight is 468 g/mol. The zero-order valence-electron chi connectivity index (χ0n) is 18.0. The standard InChI is InChI=1S/C24H33N3O2.2ClH/c25-14-7-17-29-23-12-15-27(16-13-23)24(28)20-26(18-21-8-3-1-4-9-21)19-22-10-5-2-6-11-22;;/h1-6,8-11,23H,7,12-20,25H2;2*1H. The van der Waals surface area contributed by atoms with Gasteiger partial charge in [-0.15, -0.1) is 24.8 Å². The van der Waals surface area contributed by atoms with E-state index in [-0.39, 0.29) is 36.8 Å². The third-order valence-electron chi connectivity index (χ3n) is 5.35. The minimum Gasteiger partial charge on any atom is -0.378 e. The molecule has 0 radical (unpaired) electrons. The van der Waals surface area contributed by atoms with Crippen LogP contribution in [0.2, 0.25) is 0 Å². The van der Waals surface area contributed by atoms with Crippen LogP contribution >= 0.6 is 24.8 Å². The highest BCUT2D eigenvalue weighted by molar-refractivity contribution is 5.85. The first-order valence-electron chi connectivity index (χ1n) is 10.6.